The zero-order chi connectivity index (χ0) is 17.1. The number of nitro groups is 1. The maximum atomic E-state index is 10.7. The molecule has 2 aromatic heterocycles. The number of nitrogens with one attached hydrogen (secondary N) is 1. The molecule has 0 fully saturated rings. The Morgan fingerprint density at radius 3 is 2.50 bits per heavy atom. The minimum atomic E-state index is -0.480. The van der Waals surface area contributed by atoms with Crippen molar-refractivity contribution in [1.29, 1.82) is 0 Å². The smallest absolute Gasteiger partial charge is 0.287 e. The molecule has 2 heterocycles. The summed E-state index contributed by atoms with van der Waals surface area (Å²) in [6, 6.07) is 10.1. The first-order valence-corrected chi connectivity index (χ1v) is 7.52. The fourth-order valence-electron chi connectivity index (χ4n) is 2.33. The van der Waals surface area contributed by atoms with Crippen molar-refractivity contribution >= 4 is 23.1 Å². The number of imidazole rings is 1. The van der Waals surface area contributed by atoms with E-state index in [-0.39, 0.29) is 11.7 Å². The predicted molar refractivity (Wildman–Crippen MR) is 91.0 cm³/mol. The summed E-state index contributed by atoms with van der Waals surface area (Å²) >= 11 is 5.96. The molecular formula is C16H14ClN5O2. The lowest BCUT2D eigenvalue weighted by Crippen LogP contribution is -2.17. The van der Waals surface area contributed by atoms with Crippen molar-refractivity contribution in [3.05, 3.63) is 81.5 Å². The van der Waals surface area contributed by atoms with E-state index < -0.39 is 4.92 Å². The summed E-state index contributed by atoms with van der Waals surface area (Å²) < 4.78 is 1.90. The minimum absolute atomic E-state index is 0.0550. The van der Waals surface area contributed by atoms with E-state index >= 15 is 0 Å². The molecule has 0 radical (unpaired) electrons. The highest BCUT2D eigenvalue weighted by Gasteiger charge is 2.19. The molecule has 8 heteroatoms. The van der Waals surface area contributed by atoms with Gasteiger partial charge in [-0.05, 0) is 23.8 Å². The number of aryl methyl sites for hydroxylation is 1. The summed E-state index contributed by atoms with van der Waals surface area (Å²) in [5, 5.41) is 14.6. The van der Waals surface area contributed by atoms with Crippen LogP contribution in [0.4, 0.5) is 11.5 Å². The van der Waals surface area contributed by atoms with Crippen molar-refractivity contribution in [2.45, 2.75) is 6.04 Å². The molecule has 0 amide bonds. The van der Waals surface area contributed by atoms with E-state index in [1.165, 1.54) is 12.3 Å². The number of pyridine rings is 1. The number of hydrogen-bond donors (Lipinski definition) is 1. The van der Waals surface area contributed by atoms with Gasteiger partial charge in [0.2, 0.25) is 0 Å². The van der Waals surface area contributed by atoms with Gasteiger partial charge in [0.1, 0.15) is 23.9 Å². The molecule has 0 spiro atoms. The summed E-state index contributed by atoms with van der Waals surface area (Å²) in [5.41, 5.74) is 0.898. The van der Waals surface area contributed by atoms with Crippen molar-refractivity contribution in [3.63, 3.8) is 0 Å². The lowest BCUT2D eigenvalue weighted by molar-refractivity contribution is -0.385. The quantitative estimate of drug-likeness (QED) is 0.565. The average Bonchev–Trinajstić information content (AvgIpc) is 3.00. The molecule has 0 unspecified atom stereocenters. The molecule has 122 valence electrons. The number of benzene rings is 1. The van der Waals surface area contributed by atoms with E-state index in [2.05, 4.69) is 15.3 Å². The van der Waals surface area contributed by atoms with Crippen LogP contribution in [-0.2, 0) is 7.05 Å². The van der Waals surface area contributed by atoms with Gasteiger partial charge in [0.25, 0.3) is 5.69 Å². The normalized spacial score (nSPS) is 11.9. The second-order valence-corrected chi connectivity index (χ2v) is 5.62. The maximum Gasteiger partial charge on any atom is 0.287 e. The van der Waals surface area contributed by atoms with Gasteiger partial charge in [-0.3, -0.25) is 10.1 Å². The Morgan fingerprint density at radius 2 is 1.96 bits per heavy atom. The molecule has 0 saturated carbocycles. The van der Waals surface area contributed by atoms with Crippen molar-refractivity contribution in [1.82, 2.24) is 14.5 Å². The molecule has 1 atom stereocenters. The van der Waals surface area contributed by atoms with Crippen LogP contribution in [-0.4, -0.2) is 19.5 Å². The first kappa shape index (κ1) is 15.9. The first-order valence-electron chi connectivity index (χ1n) is 7.14. The predicted octanol–water partition coefficient (Wildman–Crippen LogP) is 3.58. The molecule has 0 saturated heterocycles. The first-order chi connectivity index (χ1) is 11.5. The van der Waals surface area contributed by atoms with Crippen LogP contribution in [0.25, 0.3) is 0 Å². The maximum absolute atomic E-state index is 10.7. The Hall–Kier alpha value is -2.93. The Morgan fingerprint density at radius 1 is 1.21 bits per heavy atom. The van der Waals surface area contributed by atoms with Crippen molar-refractivity contribution in [3.8, 4) is 0 Å². The molecule has 1 aromatic carbocycles. The highest BCUT2D eigenvalue weighted by molar-refractivity contribution is 6.30. The molecule has 3 rings (SSSR count). The topological polar surface area (TPSA) is 85.9 Å². The summed E-state index contributed by atoms with van der Waals surface area (Å²) in [5.74, 6) is 1.31. The standard InChI is InChI=1S/C16H14ClN5O2/c1-21-9-8-18-16(21)15(11-2-4-12(17)5-3-11)20-14-7-6-13(10-19-14)22(23)24/h2-10,15H,1H3,(H,19,20)/t15-/m1/s1. The van der Waals surface area contributed by atoms with E-state index in [1.54, 1.807) is 24.4 Å². The highest BCUT2D eigenvalue weighted by atomic mass is 35.5. The monoisotopic (exact) mass is 343 g/mol. The Bertz CT molecular complexity index is 846. The van der Waals surface area contributed by atoms with Crippen LogP contribution in [0.15, 0.2) is 55.0 Å². The van der Waals surface area contributed by atoms with Crippen LogP contribution in [0.3, 0.4) is 0 Å². The third kappa shape index (κ3) is 3.36. The summed E-state index contributed by atoms with van der Waals surface area (Å²) in [6.45, 7) is 0. The summed E-state index contributed by atoms with van der Waals surface area (Å²) in [6.07, 6.45) is 4.78. The van der Waals surface area contributed by atoms with Crippen LogP contribution >= 0.6 is 11.6 Å². The van der Waals surface area contributed by atoms with E-state index in [0.717, 1.165) is 11.4 Å². The van der Waals surface area contributed by atoms with Gasteiger partial charge in [-0.1, -0.05) is 23.7 Å². The van der Waals surface area contributed by atoms with Crippen LogP contribution in [0.1, 0.15) is 17.4 Å². The van der Waals surface area contributed by atoms with E-state index in [4.69, 9.17) is 11.6 Å². The average molecular weight is 344 g/mol. The number of aromatic nitrogens is 3. The van der Waals surface area contributed by atoms with E-state index in [9.17, 15) is 10.1 Å². The second kappa shape index (κ2) is 6.67. The van der Waals surface area contributed by atoms with Gasteiger partial charge in [-0.15, -0.1) is 0 Å². The molecule has 3 aromatic rings. The SMILES string of the molecule is Cn1ccnc1[C@H](Nc1ccc([N+](=O)[O-])cn1)c1ccc(Cl)cc1. The molecule has 0 bridgehead atoms. The zero-order valence-electron chi connectivity index (χ0n) is 12.8. The largest absolute Gasteiger partial charge is 0.356 e. The van der Waals surface area contributed by atoms with Gasteiger partial charge in [-0.25, -0.2) is 9.97 Å². The van der Waals surface area contributed by atoms with Gasteiger partial charge in [0.15, 0.2) is 0 Å². The van der Waals surface area contributed by atoms with E-state index in [0.29, 0.717) is 10.8 Å². The van der Waals surface area contributed by atoms with Crippen molar-refractivity contribution < 1.29 is 4.92 Å². The van der Waals surface area contributed by atoms with Gasteiger partial charge in [0.05, 0.1) is 4.92 Å². The third-order valence-corrected chi connectivity index (χ3v) is 3.82. The lowest BCUT2D eigenvalue weighted by atomic mass is 10.1. The zero-order valence-corrected chi connectivity index (χ0v) is 13.5. The molecule has 0 aliphatic heterocycles. The van der Waals surface area contributed by atoms with Gasteiger partial charge in [0, 0.05) is 30.5 Å². The second-order valence-electron chi connectivity index (χ2n) is 5.18. The number of hydrogen-bond acceptors (Lipinski definition) is 5. The number of nitrogens with zero attached hydrogens (tertiary/aromatic N) is 4. The van der Waals surface area contributed by atoms with Crippen LogP contribution in [0, 0.1) is 10.1 Å². The number of anilines is 1. The van der Waals surface area contributed by atoms with Crippen molar-refractivity contribution in [2.24, 2.45) is 7.05 Å². The van der Waals surface area contributed by atoms with Gasteiger partial charge in [-0.2, -0.15) is 0 Å². The molecule has 0 aliphatic rings. The number of halogens is 1. The Kier molecular flexibility index (Phi) is 4.43. The van der Waals surface area contributed by atoms with Crippen LogP contribution in [0.5, 0.6) is 0 Å². The molecular weight excluding hydrogens is 330 g/mol. The lowest BCUT2D eigenvalue weighted by Gasteiger charge is -2.19. The molecule has 7 nitrogen and oxygen atoms in total. The minimum Gasteiger partial charge on any atom is -0.356 e. The fraction of sp³-hybridized carbons (Fsp3) is 0.125. The van der Waals surface area contributed by atoms with Gasteiger partial charge >= 0.3 is 0 Å². The molecule has 24 heavy (non-hydrogen) atoms. The number of rotatable bonds is 5. The third-order valence-electron chi connectivity index (χ3n) is 3.57. The molecule has 1 N–H and O–H groups in total. The van der Waals surface area contributed by atoms with E-state index in [1.807, 2.05) is 29.9 Å². The fourth-order valence-corrected chi connectivity index (χ4v) is 2.46. The van der Waals surface area contributed by atoms with Crippen LogP contribution < -0.4 is 5.32 Å². The summed E-state index contributed by atoms with van der Waals surface area (Å²) in [7, 11) is 1.90. The molecule has 0 aliphatic carbocycles. The Labute approximate surface area is 143 Å². The highest BCUT2D eigenvalue weighted by Crippen LogP contribution is 2.26. The van der Waals surface area contributed by atoms with Crippen molar-refractivity contribution in [2.75, 3.05) is 5.32 Å². The van der Waals surface area contributed by atoms with Crippen LogP contribution in [0.2, 0.25) is 5.02 Å². The Balaban J connectivity index is 1.94. The summed E-state index contributed by atoms with van der Waals surface area (Å²) in [4.78, 5) is 18.8. The van der Waals surface area contributed by atoms with Gasteiger partial charge < -0.3 is 9.88 Å².